The van der Waals surface area contributed by atoms with Crippen molar-refractivity contribution in [3.8, 4) is 0 Å². The molecule has 6 heteroatoms. The highest BCUT2D eigenvalue weighted by Crippen LogP contribution is 2.25. The zero-order chi connectivity index (χ0) is 18.8. The molecule has 27 heavy (non-hydrogen) atoms. The Balaban J connectivity index is 1.38. The number of amides is 1. The first-order valence-corrected chi connectivity index (χ1v) is 9.34. The van der Waals surface area contributed by atoms with Crippen molar-refractivity contribution in [3.05, 3.63) is 70.4 Å². The Morgan fingerprint density at radius 2 is 1.78 bits per heavy atom. The molecule has 0 unspecified atom stereocenters. The fourth-order valence-electron chi connectivity index (χ4n) is 3.91. The minimum absolute atomic E-state index is 0.0444. The van der Waals surface area contributed by atoms with E-state index in [0.29, 0.717) is 31.5 Å². The number of benzene rings is 2. The molecule has 0 saturated carbocycles. The molecule has 0 atom stereocenters. The number of fused-ring (bicyclic) bond motifs is 1. The van der Waals surface area contributed by atoms with Crippen LogP contribution in [-0.2, 0) is 11.2 Å². The van der Waals surface area contributed by atoms with Gasteiger partial charge in [-0.3, -0.25) is 9.36 Å². The number of hydrogen-bond donors (Lipinski definition) is 1. The highest BCUT2D eigenvalue weighted by molar-refractivity contribution is 5.77. The van der Waals surface area contributed by atoms with Crippen LogP contribution in [-0.4, -0.2) is 33.4 Å². The fraction of sp³-hybridized carbons (Fsp3) is 0.333. The zero-order valence-electron chi connectivity index (χ0n) is 15.0. The molecule has 0 aliphatic carbocycles. The Kier molecular flexibility index (Phi) is 4.79. The maximum atomic E-state index is 13.7. The van der Waals surface area contributed by atoms with Gasteiger partial charge < -0.3 is 9.88 Å². The Hall–Kier alpha value is -2.89. The van der Waals surface area contributed by atoms with Crippen molar-refractivity contribution in [2.24, 2.45) is 0 Å². The van der Waals surface area contributed by atoms with Crippen LogP contribution in [0.3, 0.4) is 0 Å². The van der Waals surface area contributed by atoms with Gasteiger partial charge in [-0.25, -0.2) is 9.18 Å². The average molecular weight is 367 g/mol. The van der Waals surface area contributed by atoms with Crippen molar-refractivity contribution in [3.63, 3.8) is 0 Å². The van der Waals surface area contributed by atoms with Crippen molar-refractivity contribution in [2.45, 2.75) is 31.7 Å². The van der Waals surface area contributed by atoms with Gasteiger partial charge in [-0.2, -0.15) is 0 Å². The maximum Gasteiger partial charge on any atom is 0.326 e. The Labute approximate surface area is 156 Å². The van der Waals surface area contributed by atoms with Gasteiger partial charge in [0, 0.05) is 25.6 Å². The molecule has 0 bridgehead atoms. The van der Waals surface area contributed by atoms with Gasteiger partial charge >= 0.3 is 5.69 Å². The number of H-pyrrole nitrogens is 1. The molecule has 1 saturated heterocycles. The number of halogens is 1. The van der Waals surface area contributed by atoms with E-state index in [4.69, 9.17) is 0 Å². The molecule has 1 aliphatic heterocycles. The van der Waals surface area contributed by atoms with E-state index in [1.165, 1.54) is 6.07 Å². The quantitative estimate of drug-likeness (QED) is 0.769. The number of nitrogens with one attached hydrogen (secondary N) is 1. The van der Waals surface area contributed by atoms with Crippen LogP contribution in [0.1, 0.15) is 30.9 Å². The summed E-state index contributed by atoms with van der Waals surface area (Å²) in [5.41, 5.74) is 2.23. The number of piperidine rings is 1. The van der Waals surface area contributed by atoms with Crippen LogP contribution in [0, 0.1) is 5.82 Å². The number of para-hydroxylation sites is 2. The smallest absolute Gasteiger partial charge is 0.326 e. The van der Waals surface area contributed by atoms with Gasteiger partial charge in [-0.05, 0) is 43.0 Å². The number of imidazole rings is 1. The largest absolute Gasteiger partial charge is 0.343 e. The highest BCUT2D eigenvalue weighted by Gasteiger charge is 2.25. The molecule has 1 N–H and O–H groups in total. The van der Waals surface area contributed by atoms with E-state index in [-0.39, 0.29) is 23.5 Å². The number of aromatic nitrogens is 2. The topological polar surface area (TPSA) is 58.1 Å². The summed E-state index contributed by atoms with van der Waals surface area (Å²) in [7, 11) is 0. The average Bonchev–Trinajstić information content (AvgIpc) is 3.03. The second-order valence-electron chi connectivity index (χ2n) is 7.02. The van der Waals surface area contributed by atoms with E-state index in [2.05, 4.69) is 4.98 Å². The van der Waals surface area contributed by atoms with Crippen LogP contribution in [0.4, 0.5) is 4.39 Å². The van der Waals surface area contributed by atoms with Crippen LogP contribution < -0.4 is 5.69 Å². The van der Waals surface area contributed by atoms with E-state index >= 15 is 0 Å². The second-order valence-corrected chi connectivity index (χ2v) is 7.02. The Morgan fingerprint density at radius 3 is 2.56 bits per heavy atom. The molecule has 0 spiro atoms. The molecule has 140 valence electrons. The SMILES string of the molecule is O=C(CCc1ccccc1F)N1CCC(n2c(=O)[nH]c3ccccc32)CC1. The summed E-state index contributed by atoms with van der Waals surface area (Å²) < 4.78 is 15.5. The zero-order valence-corrected chi connectivity index (χ0v) is 15.0. The molecular formula is C21H22FN3O2. The summed E-state index contributed by atoms with van der Waals surface area (Å²) in [6.07, 6.45) is 2.20. The van der Waals surface area contributed by atoms with E-state index in [1.54, 1.807) is 18.2 Å². The summed E-state index contributed by atoms with van der Waals surface area (Å²) in [5.74, 6) is -0.217. The van der Waals surface area contributed by atoms with E-state index in [9.17, 15) is 14.0 Å². The number of aryl methyl sites for hydroxylation is 1. The summed E-state index contributed by atoms with van der Waals surface area (Å²) in [5, 5.41) is 0. The minimum atomic E-state index is -0.261. The predicted octanol–water partition coefficient (Wildman–Crippen LogP) is 3.27. The van der Waals surface area contributed by atoms with Gasteiger partial charge in [0.15, 0.2) is 0 Å². The van der Waals surface area contributed by atoms with Crippen LogP contribution in [0.25, 0.3) is 11.0 Å². The molecular weight excluding hydrogens is 345 g/mol. The molecule has 1 amide bonds. The number of hydrogen-bond acceptors (Lipinski definition) is 2. The van der Waals surface area contributed by atoms with Gasteiger partial charge in [0.2, 0.25) is 5.91 Å². The molecule has 4 rings (SSSR count). The molecule has 3 aromatic rings. The summed E-state index contributed by atoms with van der Waals surface area (Å²) in [6, 6.07) is 14.3. The molecule has 1 aromatic heterocycles. The lowest BCUT2D eigenvalue weighted by molar-refractivity contribution is -0.132. The summed E-state index contributed by atoms with van der Waals surface area (Å²) >= 11 is 0. The number of rotatable bonds is 4. The van der Waals surface area contributed by atoms with Crippen LogP contribution in [0.2, 0.25) is 0 Å². The third-order valence-corrected chi connectivity index (χ3v) is 5.37. The third kappa shape index (κ3) is 3.52. The van der Waals surface area contributed by atoms with Crippen molar-refractivity contribution in [1.29, 1.82) is 0 Å². The molecule has 0 radical (unpaired) electrons. The van der Waals surface area contributed by atoms with Gasteiger partial charge in [-0.15, -0.1) is 0 Å². The first kappa shape index (κ1) is 17.5. The first-order chi connectivity index (χ1) is 13.1. The van der Waals surface area contributed by atoms with Crippen molar-refractivity contribution in [2.75, 3.05) is 13.1 Å². The van der Waals surface area contributed by atoms with Gasteiger partial charge in [0.25, 0.3) is 0 Å². The van der Waals surface area contributed by atoms with Crippen LogP contribution in [0.15, 0.2) is 53.3 Å². The Morgan fingerprint density at radius 1 is 1.07 bits per heavy atom. The standard InChI is InChI=1S/C21H22FN3O2/c22-17-6-2-1-5-15(17)9-10-20(26)24-13-11-16(12-14-24)25-19-8-4-3-7-18(19)23-21(25)27/h1-8,16H,9-14H2,(H,23,27). The minimum Gasteiger partial charge on any atom is -0.343 e. The molecule has 2 aromatic carbocycles. The third-order valence-electron chi connectivity index (χ3n) is 5.37. The summed E-state index contributed by atoms with van der Waals surface area (Å²) in [4.78, 5) is 29.5. The number of carbonyl (C=O) groups is 1. The van der Waals surface area contributed by atoms with Gasteiger partial charge in [0.1, 0.15) is 5.82 Å². The molecule has 5 nitrogen and oxygen atoms in total. The Bertz CT molecular complexity index is 1020. The monoisotopic (exact) mass is 367 g/mol. The van der Waals surface area contributed by atoms with E-state index in [1.807, 2.05) is 33.7 Å². The fourth-order valence-corrected chi connectivity index (χ4v) is 3.91. The molecule has 2 heterocycles. The predicted molar refractivity (Wildman–Crippen MR) is 102 cm³/mol. The van der Waals surface area contributed by atoms with E-state index in [0.717, 1.165) is 23.9 Å². The normalized spacial score (nSPS) is 15.4. The lowest BCUT2D eigenvalue weighted by Crippen LogP contribution is -2.40. The van der Waals surface area contributed by atoms with Gasteiger partial charge in [0.05, 0.1) is 11.0 Å². The number of aromatic amines is 1. The maximum absolute atomic E-state index is 13.7. The highest BCUT2D eigenvalue weighted by atomic mass is 19.1. The lowest BCUT2D eigenvalue weighted by atomic mass is 10.0. The van der Waals surface area contributed by atoms with Crippen molar-refractivity contribution >= 4 is 16.9 Å². The lowest BCUT2D eigenvalue weighted by Gasteiger charge is -2.32. The van der Waals surface area contributed by atoms with Gasteiger partial charge in [-0.1, -0.05) is 30.3 Å². The van der Waals surface area contributed by atoms with Crippen molar-refractivity contribution < 1.29 is 9.18 Å². The molecule has 1 fully saturated rings. The number of likely N-dealkylation sites (tertiary alicyclic amines) is 1. The first-order valence-electron chi connectivity index (χ1n) is 9.34. The van der Waals surface area contributed by atoms with Crippen LogP contribution in [0.5, 0.6) is 0 Å². The second kappa shape index (κ2) is 7.39. The summed E-state index contributed by atoms with van der Waals surface area (Å²) in [6.45, 7) is 1.24. The van der Waals surface area contributed by atoms with Crippen LogP contribution >= 0.6 is 0 Å². The molecule has 1 aliphatic rings. The van der Waals surface area contributed by atoms with E-state index < -0.39 is 0 Å². The number of carbonyl (C=O) groups excluding carboxylic acids is 1. The number of nitrogens with zero attached hydrogens (tertiary/aromatic N) is 2. The van der Waals surface area contributed by atoms with Crippen molar-refractivity contribution in [1.82, 2.24) is 14.5 Å².